The average molecular weight is 610 g/mol. The molecule has 0 unspecified atom stereocenters. The number of nitrogens with zero attached hydrogens (tertiary/aromatic N) is 4. The van der Waals surface area contributed by atoms with Crippen molar-refractivity contribution in [3.8, 4) is 17.6 Å². The normalized spacial score (nSPS) is 11.1. The summed E-state index contributed by atoms with van der Waals surface area (Å²) in [5, 5.41) is 14.3. The Balaban J connectivity index is 1.69. The molecule has 0 atom stereocenters. The third-order valence-electron chi connectivity index (χ3n) is 5.39. The van der Waals surface area contributed by atoms with Gasteiger partial charge in [-0.3, -0.25) is 4.79 Å². The van der Waals surface area contributed by atoms with Crippen molar-refractivity contribution in [2.24, 2.45) is 5.10 Å². The Kier molecular flexibility index (Phi) is 8.18. The molecule has 182 valence electrons. The predicted octanol–water partition coefficient (Wildman–Crippen LogP) is 6.22. The topological polar surface area (TPSA) is 89.5 Å². The minimum absolute atomic E-state index is 0.219. The Morgan fingerprint density at radius 1 is 1.08 bits per heavy atom. The van der Waals surface area contributed by atoms with Crippen molar-refractivity contribution in [3.05, 3.63) is 96.4 Å². The number of nitriles is 1. The number of fused-ring (bicyclic) bond motifs is 1. The highest BCUT2D eigenvalue weighted by Gasteiger charge is 2.13. The SMILES string of the molecule is CCOc1cc(C=Nn2c(CC)nc3ccc(Br)cc3c2=O)c(Br)cc1OCc1ccccc1C#N. The lowest BCUT2D eigenvalue weighted by atomic mass is 10.1. The van der Waals surface area contributed by atoms with E-state index in [-0.39, 0.29) is 12.2 Å². The molecule has 1 heterocycles. The maximum absolute atomic E-state index is 13.2. The number of benzene rings is 3. The van der Waals surface area contributed by atoms with Crippen LogP contribution in [0.2, 0.25) is 0 Å². The minimum atomic E-state index is -0.244. The molecule has 9 heteroatoms. The highest BCUT2D eigenvalue weighted by Crippen LogP contribution is 2.34. The van der Waals surface area contributed by atoms with Gasteiger partial charge in [-0.15, -0.1) is 0 Å². The fourth-order valence-corrected chi connectivity index (χ4v) is 4.39. The smallest absolute Gasteiger partial charge is 0.282 e. The molecule has 0 aliphatic carbocycles. The van der Waals surface area contributed by atoms with E-state index in [1.165, 1.54) is 4.68 Å². The Hall–Kier alpha value is -3.48. The second kappa shape index (κ2) is 11.5. The van der Waals surface area contributed by atoms with Crippen LogP contribution < -0.4 is 15.0 Å². The summed E-state index contributed by atoms with van der Waals surface area (Å²) >= 11 is 6.99. The highest BCUT2D eigenvalue weighted by atomic mass is 79.9. The number of hydrogen-bond acceptors (Lipinski definition) is 6. The van der Waals surface area contributed by atoms with Gasteiger partial charge in [0, 0.05) is 26.5 Å². The van der Waals surface area contributed by atoms with Gasteiger partial charge in [0.05, 0.1) is 35.4 Å². The van der Waals surface area contributed by atoms with Crippen LogP contribution >= 0.6 is 31.9 Å². The molecule has 4 rings (SSSR count). The van der Waals surface area contributed by atoms with Crippen LogP contribution in [0.5, 0.6) is 11.5 Å². The van der Waals surface area contributed by atoms with Crippen molar-refractivity contribution in [1.82, 2.24) is 9.66 Å². The largest absolute Gasteiger partial charge is 0.490 e. The van der Waals surface area contributed by atoms with E-state index in [0.29, 0.717) is 56.9 Å². The molecule has 0 saturated carbocycles. The van der Waals surface area contributed by atoms with Gasteiger partial charge in [0.2, 0.25) is 0 Å². The van der Waals surface area contributed by atoms with Gasteiger partial charge in [0.25, 0.3) is 5.56 Å². The van der Waals surface area contributed by atoms with Gasteiger partial charge in [-0.2, -0.15) is 15.0 Å². The van der Waals surface area contributed by atoms with Crippen LogP contribution in [-0.4, -0.2) is 22.5 Å². The minimum Gasteiger partial charge on any atom is -0.490 e. The highest BCUT2D eigenvalue weighted by molar-refractivity contribution is 9.10. The van der Waals surface area contributed by atoms with Crippen LogP contribution in [0.1, 0.15) is 36.4 Å². The quantitative estimate of drug-likeness (QED) is 0.221. The number of aryl methyl sites for hydroxylation is 1. The Labute approximate surface area is 225 Å². The molecule has 0 amide bonds. The van der Waals surface area contributed by atoms with Crippen LogP contribution in [-0.2, 0) is 13.0 Å². The fourth-order valence-electron chi connectivity index (χ4n) is 3.60. The van der Waals surface area contributed by atoms with Crippen LogP contribution in [0.4, 0.5) is 0 Å². The zero-order valence-electron chi connectivity index (χ0n) is 19.7. The van der Waals surface area contributed by atoms with E-state index in [9.17, 15) is 10.1 Å². The molecule has 36 heavy (non-hydrogen) atoms. The second-order valence-corrected chi connectivity index (χ2v) is 9.49. The van der Waals surface area contributed by atoms with Gasteiger partial charge in [-0.25, -0.2) is 4.98 Å². The third kappa shape index (κ3) is 5.50. The molecule has 3 aromatic carbocycles. The first kappa shape index (κ1) is 25.6. The van der Waals surface area contributed by atoms with Crippen LogP contribution in [0.15, 0.2) is 73.4 Å². The first-order valence-corrected chi connectivity index (χ1v) is 12.9. The van der Waals surface area contributed by atoms with E-state index < -0.39 is 0 Å². The van der Waals surface area contributed by atoms with E-state index in [2.05, 4.69) is 48.0 Å². The molecule has 0 N–H and O–H groups in total. The van der Waals surface area contributed by atoms with Crippen LogP contribution in [0.3, 0.4) is 0 Å². The summed E-state index contributed by atoms with van der Waals surface area (Å²) in [6, 6.07) is 18.5. The fraction of sp³-hybridized carbons (Fsp3) is 0.185. The van der Waals surface area contributed by atoms with E-state index >= 15 is 0 Å². The molecular weight excluding hydrogens is 588 g/mol. The average Bonchev–Trinajstić information content (AvgIpc) is 2.89. The Bertz CT molecular complexity index is 1560. The summed E-state index contributed by atoms with van der Waals surface area (Å²) < 4.78 is 14.7. The predicted molar refractivity (Wildman–Crippen MR) is 147 cm³/mol. The Morgan fingerprint density at radius 3 is 2.61 bits per heavy atom. The lowest BCUT2D eigenvalue weighted by molar-refractivity contribution is 0.269. The molecular formula is C27H22Br2N4O3. The zero-order chi connectivity index (χ0) is 25.7. The summed E-state index contributed by atoms with van der Waals surface area (Å²) in [6.45, 7) is 4.47. The van der Waals surface area contributed by atoms with Crippen LogP contribution in [0, 0.1) is 11.3 Å². The molecule has 0 aliphatic rings. The number of halogens is 2. The number of ether oxygens (including phenoxy) is 2. The van der Waals surface area contributed by atoms with Gasteiger partial charge in [-0.05, 0) is 59.3 Å². The number of rotatable bonds is 8. The van der Waals surface area contributed by atoms with Crippen molar-refractivity contribution < 1.29 is 9.47 Å². The maximum atomic E-state index is 13.2. The van der Waals surface area contributed by atoms with Crippen LogP contribution in [0.25, 0.3) is 10.9 Å². The van der Waals surface area contributed by atoms with Crippen molar-refractivity contribution in [3.63, 3.8) is 0 Å². The van der Waals surface area contributed by atoms with E-state index in [1.807, 2.05) is 44.2 Å². The maximum Gasteiger partial charge on any atom is 0.282 e. The summed E-state index contributed by atoms with van der Waals surface area (Å²) in [7, 11) is 0. The number of hydrogen-bond donors (Lipinski definition) is 0. The molecule has 0 fully saturated rings. The second-order valence-electron chi connectivity index (χ2n) is 7.72. The summed E-state index contributed by atoms with van der Waals surface area (Å²) in [5.41, 5.74) is 2.43. The third-order valence-corrected chi connectivity index (χ3v) is 6.57. The summed E-state index contributed by atoms with van der Waals surface area (Å²) in [5.74, 6) is 1.61. The molecule has 4 aromatic rings. The van der Waals surface area contributed by atoms with Gasteiger partial charge in [-0.1, -0.05) is 41.1 Å². The number of aromatic nitrogens is 2. The van der Waals surface area contributed by atoms with Crippen molar-refractivity contribution in [1.29, 1.82) is 5.26 Å². The first-order chi connectivity index (χ1) is 17.4. The molecule has 0 bridgehead atoms. The van der Waals surface area contributed by atoms with Crippen molar-refractivity contribution in [2.45, 2.75) is 26.9 Å². The standard InChI is InChI=1S/C27H22Br2N4O3/c1-3-26-32-23-10-9-20(28)12-21(23)27(34)33(26)31-15-19-11-24(35-4-2)25(13-22(19)29)36-16-18-8-6-5-7-17(18)14-30/h5-13,15H,3-4,16H2,1-2H3. The lowest BCUT2D eigenvalue weighted by Crippen LogP contribution is -2.22. The molecule has 0 radical (unpaired) electrons. The van der Waals surface area contributed by atoms with E-state index in [1.54, 1.807) is 30.5 Å². The molecule has 1 aromatic heterocycles. The molecule has 0 aliphatic heterocycles. The summed E-state index contributed by atoms with van der Waals surface area (Å²) in [4.78, 5) is 17.8. The molecule has 0 saturated heterocycles. The van der Waals surface area contributed by atoms with Crippen molar-refractivity contribution in [2.75, 3.05) is 6.61 Å². The summed E-state index contributed by atoms with van der Waals surface area (Å²) in [6.07, 6.45) is 2.13. The van der Waals surface area contributed by atoms with E-state index in [0.717, 1.165) is 10.0 Å². The Morgan fingerprint density at radius 2 is 1.86 bits per heavy atom. The van der Waals surface area contributed by atoms with Gasteiger partial charge in [0.15, 0.2) is 11.5 Å². The van der Waals surface area contributed by atoms with E-state index in [4.69, 9.17) is 9.47 Å². The zero-order valence-corrected chi connectivity index (χ0v) is 22.8. The monoisotopic (exact) mass is 608 g/mol. The van der Waals surface area contributed by atoms with Gasteiger partial charge < -0.3 is 9.47 Å². The van der Waals surface area contributed by atoms with Gasteiger partial charge >= 0.3 is 0 Å². The van der Waals surface area contributed by atoms with Gasteiger partial charge in [0.1, 0.15) is 12.4 Å². The lowest BCUT2D eigenvalue weighted by Gasteiger charge is -2.14. The van der Waals surface area contributed by atoms with Crippen molar-refractivity contribution >= 4 is 49.0 Å². The molecule has 0 spiro atoms. The first-order valence-electron chi connectivity index (χ1n) is 11.3. The molecule has 7 nitrogen and oxygen atoms in total.